The van der Waals surface area contributed by atoms with Crippen LogP contribution in [0.4, 0.5) is 0 Å². The van der Waals surface area contributed by atoms with Gasteiger partial charge in [0, 0.05) is 6.42 Å². The summed E-state index contributed by atoms with van der Waals surface area (Å²) in [4.78, 5) is 36.8. The summed E-state index contributed by atoms with van der Waals surface area (Å²) < 4.78 is 0. The van der Waals surface area contributed by atoms with Crippen molar-refractivity contribution in [1.82, 2.24) is 10.6 Å². The van der Waals surface area contributed by atoms with Crippen LogP contribution in [0.1, 0.15) is 135 Å². The van der Waals surface area contributed by atoms with Gasteiger partial charge in [-0.2, -0.15) is 0 Å². The Bertz CT molecular complexity index is 560. The van der Waals surface area contributed by atoms with Gasteiger partial charge in [0.05, 0.1) is 0 Å². The van der Waals surface area contributed by atoms with Crippen LogP contribution in [0.3, 0.4) is 0 Å². The van der Waals surface area contributed by atoms with E-state index in [1.54, 1.807) is 0 Å². The molecule has 0 aliphatic rings. The van der Waals surface area contributed by atoms with Crippen molar-refractivity contribution in [2.45, 2.75) is 147 Å². The Kier molecular flexibility index (Phi) is 23.8. The van der Waals surface area contributed by atoms with Gasteiger partial charge in [0.2, 0.25) is 11.8 Å². The maximum absolute atomic E-state index is 12.8. The van der Waals surface area contributed by atoms with E-state index in [0.717, 1.165) is 25.7 Å². The quantitative estimate of drug-likeness (QED) is 0.105. The van der Waals surface area contributed by atoms with Crippen molar-refractivity contribution in [3.05, 3.63) is 0 Å². The molecule has 0 heterocycles. The van der Waals surface area contributed by atoms with Crippen molar-refractivity contribution >= 4 is 17.8 Å². The maximum atomic E-state index is 12.8. The minimum atomic E-state index is -1.07. The van der Waals surface area contributed by atoms with Crippen LogP contribution in [0.15, 0.2) is 0 Å². The number of carbonyl (C=O) groups excluding carboxylic acids is 2. The van der Waals surface area contributed by atoms with E-state index >= 15 is 0 Å². The summed E-state index contributed by atoms with van der Waals surface area (Å²) in [6.07, 6.45) is 20.1. The molecule has 36 heavy (non-hydrogen) atoms. The zero-order chi connectivity index (χ0) is 26.9. The van der Waals surface area contributed by atoms with Gasteiger partial charge in [0.15, 0.2) is 0 Å². The zero-order valence-corrected chi connectivity index (χ0v) is 23.0. The summed E-state index contributed by atoms with van der Waals surface area (Å²) in [6.45, 7) is 3.24. The molecule has 2 amide bonds. The number of nitrogens with one attached hydrogen (secondary N) is 2. The molecule has 0 aliphatic heterocycles. The summed E-state index contributed by atoms with van der Waals surface area (Å²) in [6, 6.07) is -1.71. The Hall–Kier alpha value is -1.67. The average Bonchev–Trinajstić information content (AvgIpc) is 2.85. The zero-order valence-electron chi connectivity index (χ0n) is 23.0. The first kappa shape index (κ1) is 34.3. The molecule has 0 aliphatic carbocycles. The number of unbranched alkanes of at least 4 members (excludes halogenated alkanes) is 14. The number of hydrogen-bond donors (Lipinski definition) is 5. The molecule has 0 rings (SSSR count). The van der Waals surface area contributed by atoms with Gasteiger partial charge in [-0.05, 0) is 58.0 Å². The molecule has 8 heteroatoms. The topological polar surface area (TPSA) is 148 Å². The molecule has 0 saturated heterocycles. The van der Waals surface area contributed by atoms with E-state index in [1.165, 1.54) is 64.2 Å². The fraction of sp³-hybridized carbons (Fsp3) is 0.893. The standard InChI is InChI=1S/C28H56N4O4/c1-2-3-4-5-6-7-8-9-10-11-12-13-14-21-26(33)31-24(19-15-17-22-29)27(34)32-25(28(35)36)20-16-18-23-30/h24-25H,2-23,29-30H2,1H3,(H,31,33)(H,32,34)(H,35,36). The van der Waals surface area contributed by atoms with Crippen LogP contribution in [-0.2, 0) is 14.4 Å². The lowest BCUT2D eigenvalue weighted by atomic mass is 10.0. The fourth-order valence-electron chi connectivity index (χ4n) is 4.35. The molecule has 0 aromatic rings. The van der Waals surface area contributed by atoms with Crippen LogP contribution in [-0.4, -0.2) is 48.1 Å². The van der Waals surface area contributed by atoms with Gasteiger partial charge in [-0.25, -0.2) is 4.79 Å². The molecule has 0 fully saturated rings. The van der Waals surface area contributed by atoms with Crippen molar-refractivity contribution in [2.24, 2.45) is 11.5 Å². The van der Waals surface area contributed by atoms with Gasteiger partial charge < -0.3 is 27.2 Å². The molecule has 8 nitrogen and oxygen atoms in total. The number of hydrogen-bond acceptors (Lipinski definition) is 5. The van der Waals surface area contributed by atoms with Gasteiger partial charge in [0.25, 0.3) is 0 Å². The summed E-state index contributed by atoms with van der Waals surface area (Å²) in [7, 11) is 0. The lowest BCUT2D eigenvalue weighted by Gasteiger charge is -2.21. The van der Waals surface area contributed by atoms with Crippen molar-refractivity contribution in [2.75, 3.05) is 13.1 Å². The van der Waals surface area contributed by atoms with Crippen LogP contribution in [0.5, 0.6) is 0 Å². The molecule has 0 aromatic carbocycles. The van der Waals surface area contributed by atoms with Crippen LogP contribution in [0, 0.1) is 0 Å². The highest BCUT2D eigenvalue weighted by atomic mass is 16.4. The predicted molar refractivity (Wildman–Crippen MR) is 148 cm³/mol. The maximum Gasteiger partial charge on any atom is 0.326 e. The van der Waals surface area contributed by atoms with Crippen molar-refractivity contribution in [1.29, 1.82) is 0 Å². The van der Waals surface area contributed by atoms with Crippen molar-refractivity contribution in [3.8, 4) is 0 Å². The number of nitrogens with two attached hydrogens (primary N) is 2. The third-order valence-corrected chi connectivity index (χ3v) is 6.67. The molecule has 0 saturated carbocycles. The molecule has 0 spiro atoms. The Morgan fingerprint density at radius 3 is 1.50 bits per heavy atom. The molecule has 2 unspecified atom stereocenters. The van der Waals surface area contributed by atoms with E-state index in [0.29, 0.717) is 51.6 Å². The third kappa shape index (κ3) is 20.5. The summed E-state index contributed by atoms with van der Waals surface area (Å²) >= 11 is 0. The molecule has 2 atom stereocenters. The predicted octanol–water partition coefficient (Wildman–Crippen LogP) is 4.78. The molecule has 7 N–H and O–H groups in total. The minimum Gasteiger partial charge on any atom is -0.480 e. The minimum absolute atomic E-state index is 0.152. The van der Waals surface area contributed by atoms with Gasteiger partial charge in [-0.1, -0.05) is 84.0 Å². The monoisotopic (exact) mass is 512 g/mol. The second-order valence-electron chi connectivity index (χ2n) is 10.1. The van der Waals surface area contributed by atoms with Gasteiger partial charge in [-0.15, -0.1) is 0 Å². The Labute approximate surface area is 220 Å². The van der Waals surface area contributed by atoms with Gasteiger partial charge in [0.1, 0.15) is 12.1 Å². The van der Waals surface area contributed by atoms with E-state index in [9.17, 15) is 19.5 Å². The normalized spacial score (nSPS) is 12.8. The van der Waals surface area contributed by atoms with Gasteiger partial charge >= 0.3 is 5.97 Å². The van der Waals surface area contributed by atoms with Crippen LogP contribution in [0.25, 0.3) is 0 Å². The summed E-state index contributed by atoms with van der Waals surface area (Å²) in [5, 5.41) is 14.9. The number of carbonyl (C=O) groups is 3. The van der Waals surface area contributed by atoms with Gasteiger partial charge in [-0.3, -0.25) is 9.59 Å². The fourth-order valence-corrected chi connectivity index (χ4v) is 4.35. The van der Waals surface area contributed by atoms with E-state index in [4.69, 9.17) is 11.5 Å². The average molecular weight is 513 g/mol. The van der Waals surface area contributed by atoms with Crippen molar-refractivity contribution < 1.29 is 19.5 Å². The Morgan fingerprint density at radius 2 is 1.06 bits per heavy atom. The van der Waals surface area contributed by atoms with Crippen molar-refractivity contribution in [3.63, 3.8) is 0 Å². The smallest absolute Gasteiger partial charge is 0.326 e. The first-order valence-corrected chi connectivity index (χ1v) is 14.7. The highest BCUT2D eigenvalue weighted by molar-refractivity contribution is 5.90. The second-order valence-corrected chi connectivity index (χ2v) is 10.1. The number of aliphatic carboxylic acids is 1. The van der Waals surface area contributed by atoms with E-state index in [2.05, 4.69) is 17.6 Å². The number of rotatable bonds is 26. The Balaban J connectivity index is 4.20. The summed E-state index contributed by atoms with van der Waals surface area (Å²) in [5.74, 6) is -1.66. The highest BCUT2D eigenvalue weighted by Gasteiger charge is 2.25. The SMILES string of the molecule is CCCCCCCCCCCCCCCC(=O)NC(CCCCN)C(=O)NC(CCCCN)C(=O)O. The van der Waals surface area contributed by atoms with Crippen LogP contribution >= 0.6 is 0 Å². The van der Waals surface area contributed by atoms with Crippen LogP contribution in [0.2, 0.25) is 0 Å². The van der Waals surface area contributed by atoms with E-state index < -0.39 is 24.0 Å². The lowest BCUT2D eigenvalue weighted by molar-refractivity contribution is -0.142. The number of carboxylic acid groups (broad SMARTS) is 1. The lowest BCUT2D eigenvalue weighted by Crippen LogP contribution is -2.51. The molecule has 0 bridgehead atoms. The molecule has 0 radical (unpaired) electrons. The molecular weight excluding hydrogens is 456 g/mol. The first-order valence-electron chi connectivity index (χ1n) is 14.7. The number of carboxylic acids is 1. The molecule has 212 valence electrons. The highest BCUT2D eigenvalue weighted by Crippen LogP contribution is 2.13. The second kappa shape index (κ2) is 25.0. The molecular formula is C28H56N4O4. The largest absolute Gasteiger partial charge is 0.480 e. The van der Waals surface area contributed by atoms with Crippen LogP contribution < -0.4 is 22.1 Å². The van der Waals surface area contributed by atoms with E-state index in [-0.39, 0.29) is 5.91 Å². The summed E-state index contributed by atoms with van der Waals surface area (Å²) in [5.41, 5.74) is 11.0. The molecule has 0 aromatic heterocycles. The van der Waals surface area contributed by atoms with E-state index in [1.807, 2.05) is 0 Å². The third-order valence-electron chi connectivity index (χ3n) is 6.67. The number of amides is 2. The first-order chi connectivity index (χ1) is 17.5. The Morgan fingerprint density at radius 1 is 0.611 bits per heavy atom.